The minimum Gasteiger partial charge on any atom is -0.335 e. The van der Waals surface area contributed by atoms with Crippen LogP contribution in [0.25, 0.3) is 22.4 Å². The van der Waals surface area contributed by atoms with Gasteiger partial charge in [-0.2, -0.15) is 0 Å². The average Bonchev–Trinajstić information content (AvgIpc) is 3.07. The van der Waals surface area contributed by atoms with Crippen LogP contribution in [0.4, 0.5) is 10.5 Å². The number of amides is 2. The summed E-state index contributed by atoms with van der Waals surface area (Å²) in [5, 5.41) is 6.11. The fraction of sp³-hybridized carbons (Fsp3) is 0.391. The van der Waals surface area contributed by atoms with Crippen LogP contribution in [0, 0.1) is 0 Å². The summed E-state index contributed by atoms with van der Waals surface area (Å²) < 4.78 is 2.08. The maximum Gasteiger partial charge on any atom is 0.319 e. The van der Waals surface area contributed by atoms with Crippen LogP contribution in [-0.2, 0) is 7.05 Å². The number of rotatable bonds is 5. The number of anilines is 1. The van der Waals surface area contributed by atoms with Gasteiger partial charge in [0.1, 0.15) is 5.82 Å². The minimum absolute atomic E-state index is 0.138. The van der Waals surface area contributed by atoms with Gasteiger partial charge < -0.3 is 20.1 Å². The standard InChI is InChI=1S/C23H29N5O/c1-3-13-28-14-11-18(12-15-28)24-23(29)25-19-8-6-7-17(16-19)22-26-20-9-4-5-10-21(20)27(22)2/h4-10,16,18H,3,11-15H2,1-2H3,(H2,24,25,29). The first-order chi connectivity index (χ1) is 14.1. The van der Waals surface area contributed by atoms with E-state index in [0.29, 0.717) is 0 Å². The average molecular weight is 392 g/mol. The first kappa shape index (κ1) is 19.5. The van der Waals surface area contributed by atoms with Gasteiger partial charge in [0.2, 0.25) is 0 Å². The van der Waals surface area contributed by atoms with Gasteiger partial charge >= 0.3 is 6.03 Å². The molecule has 29 heavy (non-hydrogen) atoms. The molecule has 152 valence electrons. The summed E-state index contributed by atoms with van der Waals surface area (Å²) >= 11 is 0. The number of piperidine rings is 1. The third kappa shape index (κ3) is 4.43. The highest BCUT2D eigenvalue weighted by atomic mass is 16.2. The molecule has 6 heteroatoms. The third-order valence-corrected chi connectivity index (χ3v) is 5.63. The Kier molecular flexibility index (Phi) is 5.81. The Morgan fingerprint density at radius 3 is 2.69 bits per heavy atom. The number of hydrogen-bond donors (Lipinski definition) is 2. The van der Waals surface area contributed by atoms with E-state index >= 15 is 0 Å². The van der Waals surface area contributed by atoms with Crippen LogP contribution in [0.5, 0.6) is 0 Å². The van der Waals surface area contributed by atoms with Gasteiger partial charge in [-0.25, -0.2) is 9.78 Å². The van der Waals surface area contributed by atoms with E-state index in [1.165, 1.54) is 6.42 Å². The van der Waals surface area contributed by atoms with Crippen molar-refractivity contribution >= 4 is 22.8 Å². The van der Waals surface area contributed by atoms with Crippen molar-refractivity contribution in [2.45, 2.75) is 32.2 Å². The van der Waals surface area contributed by atoms with Gasteiger partial charge in [-0.1, -0.05) is 31.2 Å². The minimum atomic E-state index is -0.138. The Labute approximate surface area is 171 Å². The van der Waals surface area contributed by atoms with Crippen LogP contribution < -0.4 is 10.6 Å². The lowest BCUT2D eigenvalue weighted by Gasteiger charge is -2.32. The van der Waals surface area contributed by atoms with Crippen LogP contribution in [0.2, 0.25) is 0 Å². The van der Waals surface area contributed by atoms with Gasteiger partial charge in [0.15, 0.2) is 0 Å². The zero-order valence-electron chi connectivity index (χ0n) is 17.2. The SMILES string of the molecule is CCCN1CCC(NC(=O)Nc2cccc(-c3nc4ccccc4n3C)c2)CC1. The van der Waals surface area contributed by atoms with Gasteiger partial charge in [0, 0.05) is 37.4 Å². The molecule has 3 aromatic rings. The molecule has 4 rings (SSSR count). The number of fused-ring (bicyclic) bond motifs is 1. The van der Waals surface area contributed by atoms with Gasteiger partial charge in [-0.15, -0.1) is 0 Å². The largest absolute Gasteiger partial charge is 0.335 e. The molecule has 0 bridgehead atoms. The van der Waals surface area contributed by atoms with E-state index < -0.39 is 0 Å². The summed E-state index contributed by atoms with van der Waals surface area (Å²) in [6.45, 7) is 5.47. The van der Waals surface area contributed by atoms with Gasteiger partial charge in [0.25, 0.3) is 0 Å². The van der Waals surface area contributed by atoms with Crippen molar-refractivity contribution < 1.29 is 4.79 Å². The number of urea groups is 1. The molecule has 0 atom stereocenters. The number of carbonyl (C=O) groups is 1. The Hall–Kier alpha value is -2.86. The predicted octanol–water partition coefficient (Wildman–Crippen LogP) is 4.24. The van der Waals surface area contributed by atoms with E-state index in [2.05, 4.69) is 33.1 Å². The molecular formula is C23H29N5O. The number of carbonyl (C=O) groups excluding carboxylic acids is 1. The fourth-order valence-electron chi connectivity index (χ4n) is 4.11. The Morgan fingerprint density at radius 1 is 1.14 bits per heavy atom. The summed E-state index contributed by atoms with van der Waals surface area (Å²) in [6.07, 6.45) is 3.20. The summed E-state index contributed by atoms with van der Waals surface area (Å²) in [6, 6.07) is 16.1. The molecule has 2 N–H and O–H groups in total. The number of hydrogen-bond acceptors (Lipinski definition) is 3. The summed E-state index contributed by atoms with van der Waals surface area (Å²) in [5.41, 5.74) is 3.81. The van der Waals surface area contributed by atoms with Crippen LogP contribution in [0.3, 0.4) is 0 Å². The summed E-state index contributed by atoms with van der Waals surface area (Å²) in [7, 11) is 2.02. The molecule has 2 amide bonds. The normalized spacial score (nSPS) is 15.5. The lowest BCUT2D eigenvalue weighted by atomic mass is 10.1. The first-order valence-corrected chi connectivity index (χ1v) is 10.5. The molecule has 2 heterocycles. The molecule has 1 saturated heterocycles. The van der Waals surface area contributed by atoms with Crippen LogP contribution in [0.1, 0.15) is 26.2 Å². The highest BCUT2D eigenvalue weighted by Crippen LogP contribution is 2.25. The summed E-state index contributed by atoms with van der Waals surface area (Å²) in [5.74, 6) is 0.888. The molecule has 6 nitrogen and oxygen atoms in total. The van der Waals surface area contributed by atoms with Crippen molar-refractivity contribution in [1.82, 2.24) is 19.8 Å². The van der Waals surface area contributed by atoms with Crippen LogP contribution >= 0.6 is 0 Å². The van der Waals surface area contributed by atoms with Crippen molar-refractivity contribution in [3.63, 3.8) is 0 Å². The maximum atomic E-state index is 12.5. The number of para-hydroxylation sites is 2. The number of imidazole rings is 1. The van der Waals surface area contributed by atoms with E-state index in [1.54, 1.807) is 0 Å². The zero-order chi connectivity index (χ0) is 20.2. The Bertz CT molecular complexity index is 988. The molecule has 1 fully saturated rings. The van der Waals surface area contributed by atoms with Crippen molar-refractivity contribution in [3.8, 4) is 11.4 Å². The lowest BCUT2D eigenvalue weighted by Crippen LogP contribution is -2.46. The van der Waals surface area contributed by atoms with E-state index in [9.17, 15) is 4.79 Å². The number of aryl methyl sites for hydroxylation is 1. The Balaban J connectivity index is 1.41. The number of nitrogens with one attached hydrogen (secondary N) is 2. The zero-order valence-corrected chi connectivity index (χ0v) is 17.2. The van der Waals surface area contributed by atoms with Gasteiger partial charge in [-0.05, 0) is 50.1 Å². The van der Waals surface area contributed by atoms with E-state index in [4.69, 9.17) is 4.98 Å². The van der Waals surface area contributed by atoms with E-state index in [0.717, 1.165) is 60.6 Å². The molecule has 1 aromatic heterocycles. The third-order valence-electron chi connectivity index (χ3n) is 5.63. The number of benzene rings is 2. The molecule has 0 spiro atoms. The van der Waals surface area contributed by atoms with Crippen LogP contribution in [-0.4, -0.2) is 46.2 Å². The molecule has 0 saturated carbocycles. The van der Waals surface area contributed by atoms with Gasteiger partial charge in [0.05, 0.1) is 11.0 Å². The van der Waals surface area contributed by atoms with E-state index in [-0.39, 0.29) is 12.1 Å². The quantitative estimate of drug-likeness (QED) is 0.684. The lowest BCUT2D eigenvalue weighted by molar-refractivity contribution is 0.196. The maximum absolute atomic E-state index is 12.5. The highest BCUT2D eigenvalue weighted by Gasteiger charge is 2.20. The predicted molar refractivity (Wildman–Crippen MR) is 118 cm³/mol. The van der Waals surface area contributed by atoms with Crippen molar-refractivity contribution in [3.05, 3.63) is 48.5 Å². The van der Waals surface area contributed by atoms with Crippen molar-refractivity contribution in [1.29, 1.82) is 0 Å². The Morgan fingerprint density at radius 2 is 1.93 bits per heavy atom. The summed E-state index contributed by atoms with van der Waals surface area (Å²) in [4.78, 5) is 19.7. The highest BCUT2D eigenvalue weighted by molar-refractivity contribution is 5.90. The smallest absolute Gasteiger partial charge is 0.319 e. The fourth-order valence-corrected chi connectivity index (χ4v) is 4.11. The second-order valence-electron chi connectivity index (χ2n) is 7.78. The number of aromatic nitrogens is 2. The second-order valence-corrected chi connectivity index (χ2v) is 7.78. The van der Waals surface area contributed by atoms with Gasteiger partial charge in [-0.3, -0.25) is 0 Å². The molecule has 1 aliphatic heterocycles. The number of likely N-dealkylation sites (tertiary alicyclic amines) is 1. The molecule has 0 aliphatic carbocycles. The van der Waals surface area contributed by atoms with Crippen LogP contribution in [0.15, 0.2) is 48.5 Å². The molecular weight excluding hydrogens is 362 g/mol. The van der Waals surface area contributed by atoms with E-state index in [1.807, 2.05) is 49.5 Å². The molecule has 0 radical (unpaired) electrons. The molecule has 0 unspecified atom stereocenters. The van der Waals surface area contributed by atoms with Crippen molar-refractivity contribution in [2.24, 2.45) is 7.05 Å². The molecule has 1 aliphatic rings. The monoisotopic (exact) mass is 391 g/mol. The second kappa shape index (κ2) is 8.66. The van der Waals surface area contributed by atoms with Crippen molar-refractivity contribution in [2.75, 3.05) is 25.0 Å². The number of nitrogens with zero attached hydrogens (tertiary/aromatic N) is 3. The molecule has 2 aromatic carbocycles. The topological polar surface area (TPSA) is 62.2 Å². The first-order valence-electron chi connectivity index (χ1n) is 10.5.